The first kappa shape index (κ1) is 25.3. The molecule has 0 bridgehead atoms. The Labute approximate surface area is 203 Å². The van der Waals surface area contributed by atoms with Gasteiger partial charge >= 0.3 is 12.1 Å². The van der Waals surface area contributed by atoms with Crippen LogP contribution >= 0.6 is 0 Å². The van der Waals surface area contributed by atoms with E-state index >= 15 is 0 Å². The molecular formula is C28H32F3NO3. The van der Waals surface area contributed by atoms with Crippen molar-refractivity contribution in [2.75, 3.05) is 5.32 Å². The minimum absolute atomic E-state index is 0.0367. The van der Waals surface area contributed by atoms with Crippen molar-refractivity contribution in [2.45, 2.75) is 77.3 Å². The topological polar surface area (TPSA) is 66.4 Å². The van der Waals surface area contributed by atoms with E-state index in [1.54, 1.807) is 0 Å². The molecule has 0 spiro atoms. The number of carbonyl (C=O) groups is 2. The zero-order valence-electron chi connectivity index (χ0n) is 20.6. The highest BCUT2D eigenvalue weighted by atomic mass is 19.4. The summed E-state index contributed by atoms with van der Waals surface area (Å²) in [6.45, 7) is 7.91. The number of anilines is 1. The van der Waals surface area contributed by atoms with Crippen LogP contribution in [0.15, 0.2) is 36.4 Å². The molecule has 3 atom stereocenters. The highest BCUT2D eigenvalue weighted by Gasteiger charge is 2.55. The maximum Gasteiger partial charge on any atom is 0.417 e. The van der Waals surface area contributed by atoms with Crippen LogP contribution in [0.4, 0.5) is 18.9 Å². The van der Waals surface area contributed by atoms with Crippen LogP contribution in [0, 0.1) is 11.3 Å². The third-order valence-corrected chi connectivity index (χ3v) is 8.36. The maximum absolute atomic E-state index is 13.5. The van der Waals surface area contributed by atoms with E-state index in [1.807, 2.05) is 26.8 Å². The van der Waals surface area contributed by atoms with Gasteiger partial charge in [-0.1, -0.05) is 45.4 Å². The first-order valence-electron chi connectivity index (χ1n) is 12.2. The van der Waals surface area contributed by atoms with E-state index in [0.717, 1.165) is 48.4 Å². The van der Waals surface area contributed by atoms with Gasteiger partial charge in [-0.3, -0.25) is 9.59 Å². The van der Waals surface area contributed by atoms with Gasteiger partial charge in [0.2, 0.25) is 0 Å². The number of fused-ring (bicyclic) bond motifs is 3. The predicted molar refractivity (Wildman–Crippen MR) is 129 cm³/mol. The number of aliphatic carboxylic acids is 1. The zero-order chi connectivity index (χ0) is 25.8. The molecule has 0 aliphatic heterocycles. The lowest BCUT2D eigenvalue weighted by Crippen LogP contribution is -2.52. The number of amides is 1. The number of carbonyl (C=O) groups excluding carboxylic acids is 1. The van der Waals surface area contributed by atoms with Crippen LogP contribution in [-0.4, -0.2) is 17.0 Å². The Morgan fingerprint density at radius 1 is 1.11 bits per heavy atom. The van der Waals surface area contributed by atoms with Crippen molar-refractivity contribution in [3.8, 4) is 0 Å². The summed E-state index contributed by atoms with van der Waals surface area (Å²) in [7, 11) is 0. The van der Waals surface area contributed by atoms with Gasteiger partial charge in [-0.05, 0) is 84.7 Å². The number of nitrogens with one attached hydrogen (secondary N) is 1. The Morgan fingerprint density at radius 3 is 2.43 bits per heavy atom. The van der Waals surface area contributed by atoms with Crippen LogP contribution in [-0.2, 0) is 22.8 Å². The second kappa shape index (κ2) is 8.68. The molecule has 1 amide bonds. The molecule has 4 rings (SSSR count). The average Bonchev–Trinajstić information content (AvgIpc) is 2.78. The van der Waals surface area contributed by atoms with Crippen LogP contribution in [0.3, 0.4) is 0 Å². The van der Waals surface area contributed by atoms with Crippen molar-refractivity contribution in [1.29, 1.82) is 0 Å². The molecule has 2 aliphatic carbocycles. The standard InChI is InChI=1S/C28H32F3NO3/c1-16(2)19-14-17-10-11-23-26(3,12-7-13-27(23,4)25(34)35)21(17)15-22(19)32-24(33)18-8-5-6-9-20(18)28(29,30)31/h5-6,8-9,14-16,23H,7,10-13H2,1-4H3,(H,32,33)(H,34,35)/t23-,26-,27-/m1/s1. The van der Waals surface area contributed by atoms with Gasteiger partial charge in [0.1, 0.15) is 0 Å². The molecule has 0 unspecified atom stereocenters. The third-order valence-electron chi connectivity index (χ3n) is 8.36. The predicted octanol–water partition coefficient (Wildman–Crippen LogP) is 7.18. The number of aryl methyl sites for hydroxylation is 1. The van der Waals surface area contributed by atoms with Gasteiger partial charge < -0.3 is 10.4 Å². The quantitative estimate of drug-likeness (QED) is 0.480. The summed E-state index contributed by atoms with van der Waals surface area (Å²) in [5.74, 6) is -1.62. The smallest absolute Gasteiger partial charge is 0.417 e. The van der Waals surface area contributed by atoms with E-state index in [9.17, 15) is 27.9 Å². The van der Waals surface area contributed by atoms with Crippen molar-refractivity contribution in [1.82, 2.24) is 0 Å². The molecule has 0 radical (unpaired) electrons. The molecule has 188 valence electrons. The van der Waals surface area contributed by atoms with Crippen molar-refractivity contribution >= 4 is 17.6 Å². The lowest BCUT2D eigenvalue weighted by Gasteiger charge is -2.53. The molecule has 2 aromatic carbocycles. The SMILES string of the molecule is CC(C)c1cc2c(cc1NC(=O)c1ccccc1C(F)(F)F)[C@@]1(C)CCC[C@@](C)(C(=O)O)[C@@H]1CC2. The number of carboxylic acids is 1. The largest absolute Gasteiger partial charge is 0.481 e. The number of hydrogen-bond acceptors (Lipinski definition) is 2. The third kappa shape index (κ3) is 4.23. The Hall–Kier alpha value is -2.83. The number of carboxylic acid groups (broad SMARTS) is 1. The van der Waals surface area contributed by atoms with Gasteiger partial charge in [-0.2, -0.15) is 13.2 Å². The van der Waals surface area contributed by atoms with E-state index in [-0.39, 0.29) is 11.8 Å². The molecule has 35 heavy (non-hydrogen) atoms. The number of rotatable bonds is 4. The lowest BCUT2D eigenvalue weighted by molar-refractivity contribution is -0.157. The fourth-order valence-electron chi connectivity index (χ4n) is 6.50. The van der Waals surface area contributed by atoms with Gasteiger partial charge in [0.15, 0.2) is 0 Å². The number of halogens is 3. The summed E-state index contributed by atoms with van der Waals surface area (Å²) < 4.78 is 40.6. The van der Waals surface area contributed by atoms with Gasteiger partial charge in [0.05, 0.1) is 16.5 Å². The van der Waals surface area contributed by atoms with E-state index in [1.165, 1.54) is 18.2 Å². The van der Waals surface area contributed by atoms with Gasteiger partial charge in [-0.25, -0.2) is 0 Å². The molecule has 0 aromatic heterocycles. The first-order valence-corrected chi connectivity index (χ1v) is 12.2. The molecule has 2 aliphatic rings. The van der Waals surface area contributed by atoms with E-state index in [0.29, 0.717) is 12.1 Å². The van der Waals surface area contributed by atoms with Gasteiger partial charge in [0.25, 0.3) is 5.91 Å². The molecule has 0 saturated heterocycles. The normalized spacial score (nSPS) is 26.1. The van der Waals surface area contributed by atoms with Crippen LogP contribution in [0.1, 0.15) is 91.9 Å². The Balaban J connectivity index is 1.79. The fraction of sp³-hybridized carbons (Fsp3) is 0.500. The second-order valence-corrected chi connectivity index (χ2v) is 10.8. The number of hydrogen-bond donors (Lipinski definition) is 2. The number of benzene rings is 2. The summed E-state index contributed by atoms with van der Waals surface area (Å²) in [4.78, 5) is 25.4. The minimum Gasteiger partial charge on any atom is -0.481 e. The van der Waals surface area contributed by atoms with Crippen LogP contribution in [0.25, 0.3) is 0 Å². The van der Waals surface area contributed by atoms with E-state index < -0.39 is 40.0 Å². The molecule has 2 N–H and O–H groups in total. The molecule has 4 nitrogen and oxygen atoms in total. The van der Waals surface area contributed by atoms with Crippen molar-refractivity contribution in [2.24, 2.45) is 11.3 Å². The van der Waals surface area contributed by atoms with Crippen molar-refractivity contribution in [3.63, 3.8) is 0 Å². The van der Waals surface area contributed by atoms with E-state index in [4.69, 9.17) is 0 Å². The van der Waals surface area contributed by atoms with Crippen LogP contribution in [0.2, 0.25) is 0 Å². The zero-order valence-corrected chi connectivity index (χ0v) is 20.6. The van der Waals surface area contributed by atoms with E-state index in [2.05, 4.69) is 18.3 Å². The summed E-state index contributed by atoms with van der Waals surface area (Å²) in [5.41, 5.74) is 0.866. The highest BCUT2D eigenvalue weighted by molar-refractivity contribution is 6.06. The Kier molecular flexibility index (Phi) is 6.27. The average molecular weight is 488 g/mol. The molecule has 1 fully saturated rings. The summed E-state index contributed by atoms with van der Waals surface area (Å²) in [5, 5.41) is 12.8. The van der Waals surface area contributed by atoms with Crippen molar-refractivity contribution < 1.29 is 27.9 Å². The summed E-state index contributed by atoms with van der Waals surface area (Å²) in [6, 6.07) is 8.73. The molecule has 7 heteroatoms. The van der Waals surface area contributed by atoms with Gasteiger partial charge in [-0.15, -0.1) is 0 Å². The first-order chi connectivity index (χ1) is 16.3. The van der Waals surface area contributed by atoms with Gasteiger partial charge in [0, 0.05) is 5.69 Å². The van der Waals surface area contributed by atoms with Crippen LogP contribution < -0.4 is 5.32 Å². The fourth-order valence-corrected chi connectivity index (χ4v) is 6.50. The maximum atomic E-state index is 13.5. The highest BCUT2D eigenvalue weighted by Crippen LogP contribution is 2.58. The number of alkyl halides is 3. The Bertz CT molecular complexity index is 1170. The second-order valence-electron chi connectivity index (χ2n) is 10.8. The monoisotopic (exact) mass is 487 g/mol. The Morgan fingerprint density at radius 2 is 1.80 bits per heavy atom. The van der Waals surface area contributed by atoms with Crippen molar-refractivity contribution in [3.05, 3.63) is 64.2 Å². The van der Waals surface area contributed by atoms with Crippen LogP contribution in [0.5, 0.6) is 0 Å². The molecule has 0 heterocycles. The summed E-state index contributed by atoms with van der Waals surface area (Å²) in [6.07, 6.45) is -0.896. The summed E-state index contributed by atoms with van der Waals surface area (Å²) >= 11 is 0. The molecule has 1 saturated carbocycles. The molecule has 2 aromatic rings. The lowest BCUT2D eigenvalue weighted by atomic mass is 9.49. The minimum atomic E-state index is -4.64. The molecular weight excluding hydrogens is 455 g/mol.